The molecule has 112 valence electrons. The molecule has 0 spiro atoms. The fourth-order valence-corrected chi connectivity index (χ4v) is 2.30. The second-order valence-electron chi connectivity index (χ2n) is 5.42. The summed E-state index contributed by atoms with van der Waals surface area (Å²) >= 11 is 0. The first-order chi connectivity index (χ1) is 9.48. The molecule has 1 aromatic carbocycles. The Hall–Kier alpha value is -1.07. The summed E-state index contributed by atoms with van der Waals surface area (Å²) in [5.74, 6) is 0. The normalized spacial score (nSPS) is 15.8. The van der Waals surface area contributed by atoms with Gasteiger partial charge in [0.15, 0.2) is 0 Å². The van der Waals surface area contributed by atoms with Crippen molar-refractivity contribution in [3.8, 4) is 0 Å². The lowest BCUT2D eigenvalue weighted by molar-refractivity contribution is -0.148. The third kappa shape index (κ3) is 5.13. The molecule has 0 atom stereocenters. The average Bonchev–Trinajstić information content (AvgIpc) is 3.20. The van der Waals surface area contributed by atoms with E-state index in [1.165, 1.54) is 5.56 Å². The van der Waals surface area contributed by atoms with Gasteiger partial charge in [-0.1, -0.05) is 24.3 Å². The molecule has 0 amide bonds. The molecule has 2 rings (SSSR count). The first kappa shape index (κ1) is 15.3. The molecule has 1 saturated carbocycles. The van der Waals surface area contributed by atoms with Crippen LogP contribution in [0.3, 0.4) is 0 Å². The topological polar surface area (TPSA) is 15.3 Å². The highest BCUT2D eigenvalue weighted by atomic mass is 19.4. The molecule has 0 saturated heterocycles. The number of rotatable bonds is 7. The van der Waals surface area contributed by atoms with Gasteiger partial charge in [-0.25, -0.2) is 0 Å². The maximum Gasteiger partial charge on any atom is 0.401 e. The minimum absolute atomic E-state index is 0.112. The van der Waals surface area contributed by atoms with Crippen LogP contribution in [0.25, 0.3) is 0 Å². The molecule has 0 unspecified atom stereocenters. The standard InChI is InChI=1S/C15H21F3N2/c1-19-9-8-12-2-4-13(5-3-12)10-20(14-6-7-14)11-15(16,17)18/h2-5,14,19H,6-11H2,1H3. The monoisotopic (exact) mass is 286 g/mol. The first-order valence-corrected chi connectivity index (χ1v) is 7.01. The van der Waals surface area contributed by atoms with E-state index in [1.807, 2.05) is 31.3 Å². The molecule has 1 fully saturated rings. The van der Waals surface area contributed by atoms with Gasteiger partial charge in [0.25, 0.3) is 0 Å². The lowest BCUT2D eigenvalue weighted by atomic mass is 10.1. The van der Waals surface area contributed by atoms with Crippen molar-refractivity contribution < 1.29 is 13.2 Å². The van der Waals surface area contributed by atoms with Crippen molar-refractivity contribution in [1.29, 1.82) is 0 Å². The van der Waals surface area contributed by atoms with Gasteiger partial charge in [0.1, 0.15) is 0 Å². The summed E-state index contributed by atoms with van der Waals surface area (Å²) in [5.41, 5.74) is 2.16. The molecule has 5 heteroatoms. The average molecular weight is 286 g/mol. The fraction of sp³-hybridized carbons (Fsp3) is 0.600. The van der Waals surface area contributed by atoms with Crippen LogP contribution in [0.2, 0.25) is 0 Å². The molecule has 0 bridgehead atoms. The molecular formula is C15H21F3N2. The number of hydrogen-bond donors (Lipinski definition) is 1. The molecular weight excluding hydrogens is 265 g/mol. The van der Waals surface area contributed by atoms with Crippen molar-refractivity contribution in [2.24, 2.45) is 0 Å². The first-order valence-electron chi connectivity index (χ1n) is 7.01. The summed E-state index contributed by atoms with van der Waals surface area (Å²) in [6.45, 7) is 0.483. The summed E-state index contributed by atoms with van der Waals surface area (Å²) in [5, 5.41) is 3.08. The Balaban J connectivity index is 1.93. The molecule has 0 radical (unpaired) electrons. The van der Waals surface area contributed by atoms with E-state index in [1.54, 1.807) is 4.90 Å². The molecule has 1 aromatic rings. The predicted octanol–water partition coefficient (Wildman–Crippen LogP) is 2.98. The highest BCUT2D eigenvalue weighted by molar-refractivity contribution is 5.23. The Morgan fingerprint density at radius 3 is 2.25 bits per heavy atom. The Morgan fingerprint density at radius 2 is 1.75 bits per heavy atom. The molecule has 20 heavy (non-hydrogen) atoms. The lowest BCUT2D eigenvalue weighted by Gasteiger charge is -2.23. The smallest absolute Gasteiger partial charge is 0.319 e. The zero-order valence-electron chi connectivity index (χ0n) is 11.7. The van der Waals surface area contributed by atoms with Crippen molar-refractivity contribution in [1.82, 2.24) is 10.2 Å². The van der Waals surface area contributed by atoms with Crippen molar-refractivity contribution in [2.45, 2.75) is 38.0 Å². The van der Waals surface area contributed by atoms with Gasteiger partial charge in [-0.2, -0.15) is 13.2 Å². The van der Waals surface area contributed by atoms with Crippen LogP contribution in [0, 0.1) is 0 Å². The summed E-state index contributed by atoms with van der Waals surface area (Å²) in [4.78, 5) is 1.54. The second-order valence-corrected chi connectivity index (χ2v) is 5.42. The summed E-state index contributed by atoms with van der Waals surface area (Å²) < 4.78 is 37.7. The Kier molecular flexibility index (Phi) is 5.05. The van der Waals surface area contributed by atoms with Crippen LogP contribution in [-0.4, -0.2) is 37.3 Å². The summed E-state index contributed by atoms with van der Waals surface area (Å²) in [6, 6.07) is 8.00. The predicted molar refractivity (Wildman–Crippen MR) is 73.6 cm³/mol. The van der Waals surface area contributed by atoms with Gasteiger partial charge in [-0.05, 0) is 44.0 Å². The number of nitrogens with one attached hydrogen (secondary N) is 1. The SMILES string of the molecule is CNCCc1ccc(CN(CC(F)(F)F)C2CC2)cc1. The fourth-order valence-electron chi connectivity index (χ4n) is 2.30. The van der Waals surface area contributed by atoms with E-state index in [4.69, 9.17) is 0 Å². The number of nitrogens with zero attached hydrogens (tertiary/aromatic N) is 1. The molecule has 0 heterocycles. The zero-order valence-corrected chi connectivity index (χ0v) is 11.7. The highest BCUT2D eigenvalue weighted by Crippen LogP contribution is 2.31. The van der Waals surface area contributed by atoms with Crippen molar-refractivity contribution >= 4 is 0 Å². The van der Waals surface area contributed by atoms with Gasteiger partial charge in [0.05, 0.1) is 6.54 Å². The molecule has 1 N–H and O–H groups in total. The maximum atomic E-state index is 12.6. The second kappa shape index (κ2) is 6.59. The number of hydrogen-bond acceptors (Lipinski definition) is 2. The third-order valence-electron chi connectivity index (χ3n) is 3.52. The summed E-state index contributed by atoms with van der Waals surface area (Å²) in [7, 11) is 1.90. The van der Waals surface area contributed by atoms with Gasteiger partial charge in [-0.3, -0.25) is 4.90 Å². The van der Waals surface area contributed by atoms with Gasteiger partial charge >= 0.3 is 6.18 Å². The van der Waals surface area contributed by atoms with Crippen LogP contribution < -0.4 is 5.32 Å². The van der Waals surface area contributed by atoms with E-state index in [0.717, 1.165) is 31.4 Å². The number of benzene rings is 1. The Morgan fingerprint density at radius 1 is 1.15 bits per heavy atom. The molecule has 2 nitrogen and oxygen atoms in total. The maximum absolute atomic E-state index is 12.6. The van der Waals surface area contributed by atoms with E-state index in [9.17, 15) is 13.2 Å². The van der Waals surface area contributed by atoms with Gasteiger partial charge in [0, 0.05) is 12.6 Å². The highest BCUT2D eigenvalue weighted by Gasteiger charge is 2.37. The molecule has 0 aliphatic heterocycles. The van der Waals surface area contributed by atoms with Crippen molar-refractivity contribution in [3.63, 3.8) is 0 Å². The third-order valence-corrected chi connectivity index (χ3v) is 3.52. The van der Waals surface area contributed by atoms with E-state index in [-0.39, 0.29) is 6.04 Å². The van der Waals surface area contributed by atoms with Crippen LogP contribution >= 0.6 is 0 Å². The van der Waals surface area contributed by atoms with Crippen LogP contribution in [0.1, 0.15) is 24.0 Å². The number of likely N-dealkylation sites (N-methyl/N-ethyl adjacent to an activating group) is 1. The number of alkyl halides is 3. The van der Waals surface area contributed by atoms with E-state index in [0.29, 0.717) is 6.54 Å². The Labute approximate surface area is 118 Å². The minimum Gasteiger partial charge on any atom is -0.319 e. The molecule has 1 aliphatic carbocycles. The van der Waals surface area contributed by atoms with E-state index < -0.39 is 12.7 Å². The van der Waals surface area contributed by atoms with Gasteiger partial charge < -0.3 is 5.32 Å². The largest absolute Gasteiger partial charge is 0.401 e. The summed E-state index contributed by atoms with van der Waals surface area (Å²) in [6.07, 6.45) is -1.41. The Bertz CT molecular complexity index is 410. The minimum atomic E-state index is -4.12. The van der Waals surface area contributed by atoms with Crippen molar-refractivity contribution in [3.05, 3.63) is 35.4 Å². The van der Waals surface area contributed by atoms with Crippen LogP contribution in [0.4, 0.5) is 13.2 Å². The van der Waals surface area contributed by atoms with Crippen LogP contribution in [0.15, 0.2) is 24.3 Å². The van der Waals surface area contributed by atoms with Crippen LogP contribution in [0.5, 0.6) is 0 Å². The van der Waals surface area contributed by atoms with Crippen LogP contribution in [-0.2, 0) is 13.0 Å². The zero-order chi connectivity index (χ0) is 14.6. The van der Waals surface area contributed by atoms with Crippen molar-refractivity contribution in [2.75, 3.05) is 20.1 Å². The van der Waals surface area contributed by atoms with Gasteiger partial charge in [0.2, 0.25) is 0 Å². The lowest BCUT2D eigenvalue weighted by Crippen LogP contribution is -2.35. The van der Waals surface area contributed by atoms with Gasteiger partial charge in [-0.15, -0.1) is 0 Å². The van der Waals surface area contributed by atoms with E-state index >= 15 is 0 Å². The quantitative estimate of drug-likeness (QED) is 0.829. The molecule has 0 aromatic heterocycles. The molecule has 1 aliphatic rings. The number of halogens is 3. The van der Waals surface area contributed by atoms with E-state index in [2.05, 4.69) is 5.32 Å².